The van der Waals surface area contributed by atoms with Gasteiger partial charge in [0.2, 0.25) is 0 Å². The van der Waals surface area contributed by atoms with Crippen molar-refractivity contribution in [3.63, 3.8) is 0 Å². The monoisotopic (exact) mass is 332 g/mol. The summed E-state index contributed by atoms with van der Waals surface area (Å²) in [4.78, 5) is 0. The van der Waals surface area contributed by atoms with Crippen LogP contribution in [0.1, 0.15) is 48.9 Å². The zero-order chi connectivity index (χ0) is 17.5. The Morgan fingerprint density at radius 1 is 0.875 bits per heavy atom. The topological polar surface area (TPSA) is 0 Å². The molecule has 0 saturated carbocycles. The van der Waals surface area contributed by atoms with Crippen LogP contribution in [0.3, 0.4) is 0 Å². The summed E-state index contributed by atoms with van der Waals surface area (Å²) < 4.78 is 41.1. The van der Waals surface area contributed by atoms with Crippen molar-refractivity contribution in [2.45, 2.75) is 46.0 Å². The summed E-state index contributed by atoms with van der Waals surface area (Å²) in [5, 5.41) is 0. The van der Waals surface area contributed by atoms with Crippen LogP contribution in [0.25, 0.3) is 6.08 Å². The number of allylic oxidation sites excluding steroid dienone is 1. The molecule has 0 amide bonds. The van der Waals surface area contributed by atoms with Gasteiger partial charge in [0.05, 0.1) is 0 Å². The molecule has 0 heterocycles. The minimum absolute atomic E-state index is 0.152. The second-order valence-corrected chi connectivity index (χ2v) is 5.97. The predicted molar refractivity (Wildman–Crippen MR) is 93.6 cm³/mol. The molecule has 24 heavy (non-hydrogen) atoms. The molecular formula is C21H23F3. The molecule has 0 nitrogen and oxygen atoms in total. The van der Waals surface area contributed by atoms with Gasteiger partial charge in [0.25, 0.3) is 0 Å². The van der Waals surface area contributed by atoms with Gasteiger partial charge in [0.15, 0.2) is 0 Å². The van der Waals surface area contributed by atoms with Crippen LogP contribution in [0.15, 0.2) is 42.2 Å². The lowest BCUT2D eigenvalue weighted by molar-refractivity contribution is 0.549. The van der Waals surface area contributed by atoms with Crippen molar-refractivity contribution in [3.8, 4) is 0 Å². The van der Waals surface area contributed by atoms with E-state index in [9.17, 15) is 13.2 Å². The van der Waals surface area contributed by atoms with E-state index in [4.69, 9.17) is 0 Å². The molecule has 2 aromatic rings. The molecule has 0 aromatic heterocycles. The zero-order valence-corrected chi connectivity index (χ0v) is 14.2. The largest absolute Gasteiger partial charge is 0.212 e. The molecule has 0 atom stereocenters. The highest BCUT2D eigenvalue weighted by atomic mass is 19.1. The Morgan fingerprint density at radius 2 is 1.46 bits per heavy atom. The van der Waals surface area contributed by atoms with Gasteiger partial charge in [0.1, 0.15) is 17.5 Å². The van der Waals surface area contributed by atoms with Crippen molar-refractivity contribution in [1.82, 2.24) is 0 Å². The maximum Gasteiger partial charge on any atom is 0.129 e. The van der Waals surface area contributed by atoms with Crippen LogP contribution >= 0.6 is 0 Å². The second-order valence-electron chi connectivity index (χ2n) is 5.97. The lowest BCUT2D eigenvalue weighted by Gasteiger charge is -2.08. The fourth-order valence-corrected chi connectivity index (χ4v) is 2.64. The van der Waals surface area contributed by atoms with Crippen LogP contribution in [0.4, 0.5) is 13.2 Å². The van der Waals surface area contributed by atoms with Crippen molar-refractivity contribution in [3.05, 3.63) is 76.1 Å². The molecule has 0 aliphatic heterocycles. The summed E-state index contributed by atoms with van der Waals surface area (Å²) in [6.45, 7) is 3.67. The third-order valence-corrected chi connectivity index (χ3v) is 4.04. The second kappa shape index (κ2) is 8.72. The van der Waals surface area contributed by atoms with E-state index in [2.05, 4.69) is 0 Å². The molecular weight excluding hydrogens is 309 g/mol. The van der Waals surface area contributed by atoms with Gasteiger partial charge >= 0.3 is 0 Å². The first-order valence-corrected chi connectivity index (χ1v) is 8.45. The molecule has 0 aliphatic carbocycles. The lowest BCUT2D eigenvalue weighted by Crippen LogP contribution is -2.00. The summed E-state index contributed by atoms with van der Waals surface area (Å²) >= 11 is 0. The fraction of sp³-hybridized carbons (Fsp3) is 0.333. The molecule has 128 valence electrons. The molecule has 2 rings (SSSR count). The minimum atomic E-state index is -0.456. The SMILES string of the molecule is CCCc1c(F)cc(CCc2ccc(C=C(F)CC)cc2)cc1F. The van der Waals surface area contributed by atoms with Crippen molar-refractivity contribution in [1.29, 1.82) is 0 Å². The normalized spacial score (nSPS) is 11.8. The third-order valence-electron chi connectivity index (χ3n) is 4.04. The van der Waals surface area contributed by atoms with Crippen LogP contribution in [0.5, 0.6) is 0 Å². The van der Waals surface area contributed by atoms with Crippen LogP contribution < -0.4 is 0 Å². The van der Waals surface area contributed by atoms with Crippen molar-refractivity contribution in [2.24, 2.45) is 0 Å². The van der Waals surface area contributed by atoms with Crippen molar-refractivity contribution in [2.75, 3.05) is 0 Å². The van der Waals surface area contributed by atoms with E-state index in [0.29, 0.717) is 37.7 Å². The molecule has 0 fully saturated rings. The Balaban J connectivity index is 2.03. The fourth-order valence-electron chi connectivity index (χ4n) is 2.64. The number of hydrogen-bond acceptors (Lipinski definition) is 0. The first-order chi connectivity index (χ1) is 11.5. The van der Waals surface area contributed by atoms with E-state index >= 15 is 0 Å². The highest BCUT2D eigenvalue weighted by Gasteiger charge is 2.10. The van der Waals surface area contributed by atoms with Crippen LogP contribution in [0.2, 0.25) is 0 Å². The molecule has 0 aliphatic rings. The number of halogens is 3. The number of hydrogen-bond donors (Lipinski definition) is 0. The molecule has 0 bridgehead atoms. The van der Waals surface area contributed by atoms with E-state index < -0.39 is 11.6 Å². The van der Waals surface area contributed by atoms with Crippen LogP contribution in [0, 0.1) is 11.6 Å². The first kappa shape index (κ1) is 18.3. The van der Waals surface area contributed by atoms with E-state index in [1.807, 2.05) is 31.2 Å². The molecule has 0 radical (unpaired) electrons. The highest BCUT2D eigenvalue weighted by Crippen LogP contribution is 2.19. The van der Waals surface area contributed by atoms with Gasteiger partial charge in [-0.25, -0.2) is 13.2 Å². The summed E-state index contributed by atoms with van der Waals surface area (Å²) in [6, 6.07) is 10.4. The zero-order valence-electron chi connectivity index (χ0n) is 14.2. The quantitative estimate of drug-likeness (QED) is 0.548. The first-order valence-electron chi connectivity index (χ1n) is 8.45. The Labute approximate surface area is 142 Å². The van der Waals surface area contributed by atoms with Crippen LogP contribution in [-0.2, 0) is 19.3 Å². The molecule has 2 aromatic carbocycles. The average Bonchev–Trinajstić information content (AvgIpc) is 2.57. The number of benzene rings is 2. The number of rotatable bonds is 7. The maximum atomic E-state index is 13.9. The molecule has 0 spiro atoms. The van der Waals surface area contributed by atoms with Crippen molar-refractivity contribution >= 4 is 6.08 Å². The van der Waals surface area contributed by atoms with Crippen molar-refractivity contribution < 1.29 is 13.2 Å². The predicted octanol–water partition coefficient (Wildman–Crippen LogP) is 6.42. The van der Waals surface area contributed by atoms with Gasteiger partial charge in [0, 0.05) is 5.56 Å². The van der Waals surface area contributed by atoms with Gasteiger partial charge in [-0.2, -0.15) is 0 Å². The summed E-state index contributed by atoms with van der Waals surface area (Å²) in [6.07, 6.45) is 4.28. The van der Waals surface area contributed by atoms with Crippen LogP contribution in [-0.4, -0.2) is 0 Å². The lowest BCUT2D eigenvalue weighted by atomic mass is 10.00. The van der Waals surface area contributed by atoms with Gasteiger partial charge in [-0.1, -0.05) is 44.5 Å². The minimum Gasteiger partial charge on any atom is -0.212 e. The van der Waals surface area contributed by atoms with Gasteiger partial charge in [-0.05, 0) is 60.6 Å². The van der Waals surface area contributed by atoms with Gasteiger partial charge in [-0.3, -0.25) is 0 Å². The van der Waals surface area contributed by atoms with Gasteiger partial charge in [-0.15, -0.1) is 0 Å². The number of aryl methyl sites for hydroxylation is 2. The Hall–Kier alpha value is -2.03. The Morgan fingerprint density at radius 3 is 2.00 bits per heavy atom. The molecule has 0 N–H and O–H groups in total. The molecule has 0 unspecified atom stereocenters. The summed E-state index contributed by atoms with van der Waals surface area (Å²) in [5.41, 5.74) is 2.71. The van der Waals surface area contributed by atoms with E-state index in [1.54, 1.807) is 6.92 Å². The van der Waals surface area contributed by atoms with E-state index in [-0.39, 0.29) is 11.4 Å². The molecule has 0 saturated heterocycles. The summed E-state index contributed by atoms with van der Waals surface area (Å²) in [7, 11) is 0. The average molecular weight is 332 g/mol. The third kappa shape index (κ3) is 4.98. The van der Waals surface area contributed by atoms with E-state index in [1.165, 1.54) is 18.2 Å². The standard InChI is InChI=1S/C21H23F3/c1-3-5-19-20(23)13-17(14-21(19)24)11-8-15-6-9-16(10-7-15)12-18(22)4-2/h6-7,9-10,12-14H,3-5,8,11H2,1-2H3. The Kier molecular flexibility index (Phi) is 6.65. The summed E-state index contributed by atoms with van der Waals surface area (Å²) in [5.74, 6) is -1.06. The highest BCUT2D eigenvalue weighted by molar-refractivity contribution is 5.51. The maximum absolute atomic E-state index is 13.9. The molecule has 3 heteroatoms. The van der Waals surface area contributed by atoms with Gasteiger partial charge < -0.3 is 0 Å². The Bertz CT molecular complexity index is 677. The van der Waals surface area contributed by atoms with E-state index in [0.717, 1.165) is 11.1 Å². The smallest absolute Gasteiger partial charge is 0.129 e.